The lowest BCUT2D eigenvalue weighted by atomic mass is 10.1. The molecule has 1 amide bonds. The van der Waals surface area contributed by atoms with Gasteiger partial charge in [0.1, 0.15) is 11.6 Å². The summed E-state index contributed by atoms with van der Waals surface area (Å²) in [6.07, 6.45) is 0.685. The number of rotatable bonds is 7. The van der Waals surface area contributed by atoms with Gasteiger partial charge in [-0.3, -0.25) is 4.79 Å². The van der Waals surface area contributed by atoms with E-state index in [1.807, 2.05) is 19.9 Å². The van der Waals surface area contributed by atoms with Gasteiger partial charge < -0.3 is 9.84 Å². The van der Waals surface area contributed by atoms with Crippen LogP contribution in [0.15, 0.2) is 34.9 Å². The molecule has 22 heavy (non-hydrogen) atoms. The van der Waals surface area contributed by atoms with E-state index in [9.17, 15) is 9.18 Å². The number of carbonyl (C=O) groups excluding carboxylic acids is 1. The van der Waals surface area contributed by atoms with Crippen molar-refractivity contribution in [1.29, 1.82) is 0 Å². The van der Waals surface area contributed by atoms with Crippen LogP contribution in [0.5, 0.6) is 0 Å². The van der Waals surface area contributed by atoms with Crippen molar-refractivity contribution < 1.29 is 13.7 Å². The zero-order valence-electron chi connectivity index (χ0n) is 12.6. The van der Waals surface area contributed by atoms with Crippen LogP contribution in [0.1, 0.15) is 23.9 Å². The molecular weight excluding hydrogens is 303 g/mol. The third-order valence-electron chi connectivity index (χ3n) is 3.15. The van der Waals surface area contributed by atoms with Crippen LogP contribution >= 0.6 is 11.8 Å². The van der Waals surface area contributed by atoms with Gasteiger partial charge in [-0.15, -0.1) is 11.8 Å². The third kappa shape index (κ3) is 5.18. The number of nitrogens with one attached hydrogen (secondary N) is 1. The first kappa shape index (κ1) is 16.5. The van der Waals surface area contributed by atoms with Crippen molar-refractivity contribution in [3.8, 4) is 0 Å². The van der Waals surface area contributed by atoms with Crippen LogP contribution in [0.25, 0.3) is 0 Å². The van der Waals surface area contributed by atoms with Crippen molar-refractivity contribution in [1.82, 2.24) is 10.5 Å². The van der Waals surface area contributed by atoms with Gasteiger partial charge in [0, 0.05) is 12.6 Å². The minimum Gasteiger partial charge on any atom is -0.360 e. The molecule has 0 aliphatic rings. The van der Waals surface area contributed by atoms with Gasteiger partial charge in [-0.25, -0.2) is 4.39 Å². The quantitative estimate of drug-likeness (QED) is 0.851. The fraction of sp³-hybridized carbons (Fsp3) is 0.375. The molecular formula is C16H19FN2O2S. The fourth-order valence-corrected chi connectivity index (χ4v) is 2.68. The van der Waals surface area contributed by atoms with Crippen LogP contribution in [0, 0.1) is 12.7 Å². The Bertz CT molecular complexity index is 613. The molecule has 1 aromatic carbocycles. The van der Waals surface area contributed by atoms with Crippen molar-refractivity contribution in [2.24, 2.45) is 0 Å². The molecule has 2 rings (SSSR count). The summed E-state index contributed by atoms with van der Waals surface area (Å²) in [6, 6.07) is 8.17. The molecule has 0 radical (unpaired) electrons. The Labute approximate surface area is 133 Å². The lowest BCUT2D eigenvalue weighted by molar-refractivity contribution is -0.120. The molecule has 0 bridgehead atoms. The third-order valence-corrected chi connectivity index (χ3v) is 4.31. The van der Waals surface area contributed by atoms with Crippen molar-refractivity contribution in [2.75, 3.05) is 6.54 Å². The summed E-state index contributed by atoms with van der Waals surface area (Å²) in [5.74, 6) is 1.13. The van der Waals surface area contributed by atoms with Crippen molar-refractivity contribution in [3.63, 3.8) is 0 Å². The Morgan fingerprint density at radius 3 is 2.77 bits per heavy atom. The molecule has 0 aliphatic heterocycles. The normalized spacial score (nSPS) is 12.1. The van der Waals surface area contributed by atoms with Crippen LogP contribution in [-0.4, -0.2) is 22.9 Å². The minimum atomic E-state index is -0.250. The summed E-state index contributed by atoms with van der Waals surface area (Å²) in [5, 5.41) is 6.53. The van der Waals surface area contributed by atoms with E-state index < -0.39 is 0 Å². The van der Waals surface area contributed by atoms with Gasteiger partial charge in [-0.1, -0.05) is 17.3 Å². The molecule has 1 aromatic heterocycles. The second-order valence-corrected chi connectivity index (χ2v) is 6.38. The lowest BCUT2D eigenvalue weighted by Gasteiger charge is -2.11. The largest absolute Gasteiger partial charge is 0.360 e. The van der Waals surface area contributed by atoms with Crippen LogP contribution in [0.2, 0.25) is 0 Å². The van der Waals surface area contributed by atoms with Gasteiger partial charge in [-0.05, 0) is 38.0 Å². The predicted octanol–water partition coefficient (Wildman–Crippen LogP) is 3.10. The van der Waals surface area contributed by atoms with E-state index >= 15 is 0 Å². The molecule has 2 aromatic rings. The molecule has 0 fully saturated rings. The average Bonchev–Trinajstić information content (AvgIpc) is 2.92. The molecule has 1 N–H and O–H groups in total. The van der Waals surface area contributed by atoms with Gasteiger partial charge in [0.05, 0.1) is 16.7 Å². The molecule has 0 saturated heterocycles. The smallest absolute Gasteiger partial charge is 0.232 e. The van der Waals surface area contributed by atoms with Crippen LogP contribution in [0.4, 0.5) is 4.39 Å². The second-order valence-electron chi connectivity index (χ2n) is 5.06. The Morgan fingerprint density at radius 1 is 1.41 bits per heavy atom. The number of halogens is 1. The number of hydrogen-bond acceptors (Lipinski definition) is 4. The van der Waals surface area contributed by atoms with E-state index in [0.717, 1.165) is 17.0 Å². The van der Waals surface area contributed by atoms with Crippen LogP contribution in [0.3, 0.4) is 0 Å². The molecule has 1 heterocycles. The van der Waals surface area contributed by atoms with E-state index in [1.165, 1.54) is 23.9 Å². The van der Waals surface area contributed by atoms with E-state index in [0.29, 0.717) is 18.7 Å². The van der Waals surface area contributed by atoms with Gasteiger partial charge >= 0.3 is 0 Å². The van der Waals surface area contributed by atoms with E-state index in [2.05, 4.69) is 10.5 Å². The van der Waals surface area contributed by atoms with Gasteiger partial charge in [0.15, 0.2) is 0 Å². The molecule has 6 heteroatoms. The molecule has 4 nitrogen and oxygen atoms in total. The Balaban J connectivity index is 1.68. The molecule has 0 saturated carbocycles. The van der Waals surface area contributed by atoms with Gasteiger partial charge in [0.25, 0.3) is 0 Å². The highest BCUT2D eigenvalue weighted by molar-refractivity contribution is 7.99. The Hall–Kier alpha value is -1.82. The standard InChI is InChI=1S/C16H19FN2O2S/c1-11-9-15(21-19-11)10-22-12(2)16(20)18-8-7-13-3-5-14(17)6-4-13/h3-6,9,12H,7-8,10H2,1-2H3,(H,18,20)/t12-/m1/s1. The zero-order valence-corrected chi connectivity index (χ0v) is 13.5. The Morgan fingerprint density at radius 2 is 2.14 bits per heavy atom. The molecule has 0 unspecified atom stereocenters. The SMILES string of the molecule is Cc1cc(CS[C@H](C)C(=O)NCCc2ccc(F)cc2)on1. The number of amides is 1. The van der Waals surface area contributed by atoms with Crippen LogP contribution < -0.4 is 5.32 Å². The number of thioether (sulfide) groups is 1. The first-order valence-electron chi connectivity index (χ1n) is 7.10. The number of nitrogens with zero attached hydrogens (tertiary/aromatic N) is 1. The minimum absolute atomic E-state index is 0.0108. The number of hydrogen-bond donors (Lipinski definition) is 1. The lowest BCUT2D eigenvalue weighted by Crippen LogP contribution is -2.32. The highest BCUT2D eigenvalue weighted by Gasteiger charge is 2.14. The van der Waals surface area contributed by atoms with E-state index in [1.54, 1.807) is 12.1 Å². The zero-order chi connectivity index (χ0) is 15.9. The van der Waals surface area contributed by atoms with Crippen molar-refractivity contribution in [3.05, 3.63) is 53.2 Å². The summed E-state index contributed by atoms with van der Waals surface area (Å²) < 4.78 is 17.9. The summed E-state index contributed by atoms with van der Waals surface area (Å²) in [4.78, 5) is 12.0. The number of benzene rings is 1. The fourth-order valence-electron chi connectivity index (χ4n) is 1.89. The number of aromatic nitrogens is 1. The monoisotopic (exact) mass is 322 g/mol. The maximum absolute atomic E-state index is 12.8. The number of aryl methyl sites for hydroxylation is 1. The second kappa shape index (κ2) is 7.98. The first-order valence-corrected chi connectivity index (χ1v) is 8.15. The van der Waals surface area contributed by atoms with Gasteiger partial charge in [0.2, 0.25) is 5.91 Å². The topological polar surface area (TPSA) is 55.1 Å². The van der Waals surface area contributed by atoms with E-state index in [-0.39, 0.29) is 17.0 Å². The summed E-state index contributed by atoms with van der Waals surface area (Å²) in [7, 11) is 0. The molecule has 1 atom stereocenters. The summed E-state index contributed by atoms with van der Waals surface area (Å²) in [5.41, 5.74) is 1.84. The maximum Gasteiger partial charge on any atom is 0.232 e. The first-order chi connectivity index (χ1) is 10.5. The average molecular weight is 322 g/mol. The van der Waals surface area contributed by atoms with Crippen molar-refractivity contribution in [2.45, 2.75) is 31.3 Å². The summed E-state index contributed by atoms with van der Waals surface area (Å²) in [6.45, 7) is 4.27. The molecule has 0 aliphatic carbocycles. The van der Waals surface area contributed by atoms with E-state index in [4.69, 9.17) is 4.52 Å². The predicted molar refractivity (Wildman–Crippen MR) is 85.1 cm³/mol. The highest BCUT2D eigenvalue weighted by Crippen LogP contribution is 2.18. The van der Waals surface area contributed by atoms with Gasteiger partial charge in [-0.2, -0.15) is 0 Å². The highest BCUT2D eigenvalue weighted by atomic mass is 32.2. The Kier molecular flexibility index (Phi) is 6.00. The molecule has 118 valence electrons. The van der Waals surface area contributed by atoms with Crippen LogP contribution in [-0.2, 0) is 17.0 Å². The molecule has 0 spiro atoms. The number of carbonyl (C=O) groups is 1. The maximum atomic E-state index is 12.8. The summed E-state index contributed by atoms with van der Waals surface area (Å²) >= 11 is 1.50. The van der Waals surface area contributed by atoms with Crippen molar-refractivity contribution >= 4 is 17.7 Å².